The highest BCUT2D eigenvalue weighted by Gasteiger charge is 2.12. The number of nitrogens with zero attached hydrogens (tertiary/aromatic N) is 1. The maximum Gasteiger partial charge on any atom is 0.135 e. The third-order valence-corrected chi connectivity index (χ3v) is 2.89. The molecule has 0 atom stereocenters. The van der Waals surface area contributed by atoms with Gasteiger partial charge in [-0.3, -0.25) is 0 Å². The summed E-state index contributed by atoms with van der Waals surface area (Å²) in [4.78, 5) is 3.97. The summed E-state index contributed by atoms with van der Waals surface area (Å²) in [6, 6.07) is 4.52. The third-order valence-electron chi connectivity index (χ3n) is 1.70. The fourth-order valence-electron chi connectivity index (χ4n) is 1.10. The van der Waals surface area contributed by atoms with Gasteiger partial charge in [0.05, 0.1) is 10.6 Å². The lowest BCUT2D eigenvalue weighted by Crippen LogP contribution is -1.87. The first-order valence-corrected chi connectivity index (χ1v) is 5.09. The van der Waals surface area contributed by atoms with Crippen molar-refractivity contribution in [3.63, 3.8) is 0 Å². The van der Waals surface area contributed by atoms with Crippen LogP contribution in [0.4, 0.5) is 10.2 Å². The lowest BCUT2D eigenvalue weighted by molar-refractivity contribution is 0.631. The van der Waals surface area contributed by atoms with Crippen LogP contribution in [0.3, 0.4) is 0 Å². The maximum absolute atomic E-state index is 13.4. The Morgan fingerprint density at radius 1 is 1.43 bits per heavy atom. The summed E-state index contributed by atoms with van der Waals surface area (Å²) in [6.07, 6.45) is 0. The predicted molar refractivity (Wildman–Crippen MR) is 56.9 cm³/mol. The van der Waals surface area contributed by atoms with Crippen molar-refractivity contribution >= 4 is 28.8 Å². The molecule has 2 nitrogen and oxygen atoms in total. The highest BCUT2D eigenvalue weighted by atomic mass is 35.5. The van der Waals surface area contributed by atoms with Gasteiger partial charge in [0.1, 0.15) is 16.6 Å². The smallest absolute Gasteiger partial charge is 0.135 e. The Bertz CT molecular complexity index is 449. The summed E-state index contributed by atoms with van der Waals surface area (Å²) in [5.41, 5.74) is 5.77. The van der Waals surface area contributed by atoms with Gasteiger partial charge in [0.25, 0.3) is 0 Å². The lowest BCUT2D eigenvalue weighted by atomic mass is 10.2. The number of halogens is 2. The molecule has 0 radical (unpaired) electrons. The Morgan fingerprint density at radius 3 is 2.79 bits per heavy atom. The van der Waals surface area contributed by atoms with Crippen LogP contribution in [-0.2, 0) is 0 Å². The SMILES string of the molecule is Nc1csc(-c2c(F)cccc2Cl)n1. The van der Waals surface area contributed by atoms with Crippen LogP contribution < -0.4 is 5.73 Å². The monoisotopic (exact) mass is 228 g/mol. The van der Waals surface area contributed by atoms with E-state index in [0.717, 1.165) is 0 Å². The van der Waals surface area contributed by atoms with Gasteiger partial charge in [-0.15, -0.1) is 11.3 Å². The second-order valence-electron chi connectivity index (χ2n) is 2.67. The molecule has 0 aliphatic carbocycles. The van der Waals surface area contributed by atoms with Crippen molar-refractivity contribution in [2.75, 3.05) is 5.73 Å². The number of nitrogens with two attached hydrogens (primary N) is 1. The van der Waals surface area contributed by atoms with Crippen LogP contribution in [0.25, 0.3) is 10.6 Å². The zero-order chi connectivity index (χ0) is 10.1. The molecule has 2 rings (SSSR count). The largest absolute Gasteiger partial charge is 0.383 e. The van der Waals surface area contributed by atoms with Crippen LogP contribution in [0.5, 0.6) is 0 Å². The zero-order valence-electron chi connectivity index (χ0n) is 7.00. The topological polar surface area (TPSA) is 38.9 Å². The second-order valence-corrected chi connectivity index (χ2v) is 3.94. The summed E-state index contributed by atoms with van der Waals surface area (Å²) in [7, 11) is 0. The Kier molecular flexibility index (Phi) is 2.39. The average Bonchev–Trinajstić information content (AvgIpc) is 2.51. The van der Waals surface area contributed by atoms with E-state index in [1.54, 1.807) is 17.5 Å². The molecule has 5 heteroatoms. The Hall–Kier alpha value is -1.13. The van der Waals surface area contributed by atoms with Crippen molar-refractivity contribution in [1.82, 2.24) is 4.98 Å². The van der Waals surface area contributed by atoms with E-state index >= 15 is 0 Å². The molecular formula is C9H6ClFN2S. The highest BCUT2D eigenvalue weighted by molar-refractivity contribution is 7.13. The molecule has 0 fully saturated rings. The van der Waals surface area contributed by atoms with Gasteiger partial charge in [0, 0.05) is 5.38 Å². The number of benzene rings is 1. The summed E-state index contributed by atoms with van der Waals surface area (Å²) in [6.45, 7) is 0. The molecule has 14 heavy (non-hydrogen) atoms. The Labute approximate surface area is 89.2 Å². The highest BCUT2D eigenvalue weighted by Crippen LogP contribution is 2.32. The van der Waals surface area contributed by atoms with Crippen LogP contribution in [0, 0.1) is 5.82 Å². The molecular weight excluding hydrogens is 223 g/mol. The number of aromatic nitrogens is 1. The Morgan fingerprint density at radius 2 is 2.21 bits per heavy atom. The van der Waals surface area contributed by atoms with E-state index in [-0.39, 0.29) is 5.82 Å². The molecule has 2 N–H and O–H groups in total. The lowest BCUT2D eigenvalue weighted by Gasteiger charge is -2.00. The first-order chi connectivity index (χ1) is 6.68. The number of rotatable bonds is 1. The van der Waals surface area contributed by atoms with Crippen molar-refractivity contribution in [2.45, 2.75) is 0 Å². The van der Waals surface area contributed by atoms with Gasteiger partial charge in [-0.05, 0) is 12.1 Å². The van der Waals surface area contributed by atoms with Gasteiger partial charge in [-0.1, -0.05) is 17.7 Å². The van der Waals surface area contributed by atoms with Gasteiger partial charge in [0.2, 0.25) is 0 Å². The summed E-state index contributed by atoms with van der Waals surface area (Å²) in [5, 5.41) is 2.50. The van der Waals surface area contributed by atoms with Crippen LogP contribution in [0.15, 0.2) is 23.6 Å². The average molecular weight is 229 g/mol. The Balaban J connectivity index is 2.61. The first-order valence-electron chi connectivity index (χ1n) is 3.84. The van der Waals surface area contributed by atoms with Crippen LogP contribution in [0.1, 0.15) is 0 Å². The zero-order valence-corrected chi connectivity index (χ0v) is 8.57. The van der Waals surface area contributed by atoms with Crippen LogP contribution >= 0.6 is 22.9 Å². The van der Waals surface area contributed by atoms with Crippen molar-refractivity contribution in [1.29, 1.82) is 0 Å². The minimum atomic E-state index is -0.383. The number of thiazole rings is 1. The second kappa shape index (κ2) is 3.55. The number of hydrogen-bond acceptors (Lipinski definition) is 3. The van der Waals surface area contributed by atoms with Gasteiger partial charge in [-0.2, -0.15) is 0 Å². The van der Waals surface area contributed by atoms with Crippen molar-refractivity contribution in [2.24, 2.45) is 0 Å². The van der Waals surface area contributed by atoms with E-state index in [2.05, 4.69) is 4.98 Å². The third kappa shape index (κ3) is 1.58. The maximum atomic E-state index is 13.4. The normalized spacial score (nSPS) is 10.4. The fraction of sp³-hybridized carbons (Fsp3) is 0. The molecule has 2 aromatic rings. The molecule has 0 bridgehead atoms. The molecule has 0 aliphatic heterocycles. The van der Waals surface area contributed by atoms with Gasteiger partial charge in [-0.25, -0.2) is 9.37 Å². The van der Waals surface area contributed by atoms with Gasteiger partial charge < -0.3 is 5.73 Å². The van der Waals surface area contributed by atoms with Gasteiger partial charge >= 0.3 is 0 Å². The van der Waals surface area contributed by atoms with Crippen molar-refractivity contribution in [3.8, 4) is 10.6 Å². The predicted octanol–water partition coefficient (Wildman–Crippen LogP) is 3.18. The van der Waals surface area contributed by atoms with Crippen molar-refractivity contribution in [3.05, 3.63) is 34.4 Å². The molecule has 1 aromatic heterocycles. The molecule has 1 heterocycles. The van der Waals surface area contributed by atoms with E-state index in [9.17, 15) is 4.39 Å². The number of nitrogen functional groups attached to an aromatic ring is 1. The molecule has 0 saturated carbocycles. The molecule has 0 aliphatic rings. The van der Waals surface area contributed by atoms with E-state index in [1.807, 2.05) is 0 Å². The van der Waals surface area contributed by atoms with E-state index in [4.69, 9.17) is 17.3 Å². The molecule has 0 unspecified atom stereocenters. The minimum absolute atomic E-state index is 0.316. The molecule has 72 valence electrons. The van der Waals surface area contributed by atoms with Gasteiger partial charge in [0.15, 0.2) is 0 Å². The summed E-state index contributed by atoms with van der Waals surface area (Å²) in [5.74, 6) is -0.00355. The summed E-state index contributed by atoms with van der Waals surface area (Å²) < 4.78 is 13.4. The standard InChI is InChI=1S/C9H6ClFN2S/c10-5-2-1-3-6(11)8(5)9-13-7(12)4-14-9/h1-4H,12H2. The number of hydrogen-bond donors (Lipinski definition) is 1. The van der Waals surface area contributed by atoms with E-state index in [0.29, 0.717) is 21.4 Å². The molecule has 0 amide bonds. The fourth-order valence-corrected chi connectivity index (χ4v) is 2.18. The van der Waals surface area contributed by atoms with E-state index in [1.165, 1.54) is 17.4 Å². The minimum Gasteiger partial charge on any atom is -0.383 e. The quantitative estimate of drug-likeness (QED) is 0.814. The number of anilines is 1. The van der Waals surface area contributed by atoms with Crippen molar-refractivity contribution < 1.29 is 4.39 Å². The first kappa shape index (κ1) is 9.43. The van der Waals surface area contributed by atoms with Crippen LogP contribution in [-0.4, -0.2) is 4.98 Å². The molecule has 0 saturated heterocycles. The summed E-state index contributed by atoms with van der Waals surface area (Å²) >= 11 is 7.13. The molecule has 1 aromatic carbocycles. The van der Waals surface area contributed by atoms with E-state index < -0.39 is 0 Å². The molecule has 0 spiro atoms. The van der Waals surface area contributed by atoms with Crippen LogP contribution in [0.2, 0.25) is 5.02 Å².